The molecular weight excluding hydrogens is 190 g/mol. The van der Waals surface area contributed by atoms with E-state index in [4.69, 9.17) is 4.74 Å². The van der Waals surface area contributed by atoms with Gasteiger partial charge >= 0.3 is 0 Å². The Bertz CT molecular complexity index is 249. The summed E-state index contributed by atoms with van der Waals surface area (Å²) in [5.74, 6) is 0.134. The normalized spacial score (nSPS) is 26.3. The molecule has 0 bridgehead atoms. The number of hydrogen-bond donors (Lipinski definition) is 1. The first-order valence-corrected chi connectivity index (χ1v) is 5.71. The van der Waals surface area contributed by atoms with Gasteiger partial charge in [-0.2, -0.15) is 5.26 Å². The molecule has 3 heteroatoms. The number of aliphatic hydroxyl groups is 1. The van der Waals surface area contributed by atoms with Crippen LogP contribution in [-0.2, 0) is 4.74 Å². The largest absolute Gasteiger partial charge is 0.388 e. The molecular formula is C12H21NO2. The lowest BCUT2D eigenvalue weighted by atomic mass is 9.63. The number of rotatable bonds is 3. The Morgan fingerprint density at radius 3 is 2.47 bits per heavy atom. The molecule has 1 rings (SSSR count). The van der Waals surface area contributed by atoms with E-state index in [-0.39, 0.29) is 5.92 Å². The number of hydrogen-bond acceptors (Lipinski definition) is 3. The number of ether oxygens (including phenoxy) is 1. The van der Waals surface area contributed by atoms with Gasteiger partial charge in [0.05, 0.1) is 17.1 Å². The van der Waals surface area contributed by atoms with Gasteiger partial charge in [0.25, 0.3) is 0 Å². The molecule has 2 unspecified atom stereocenters. The molecule has 0 aromatic heterocycles. The monoisotopic (exact) mass is 211 g/mol. The van der Waals surface area contributed by atoms with E-state index in [0.29, 0.717) is 26.1 Å². The third-order valence-corrected chi connectivity index (χ3v) is 4.10. The smallest absolute Gasteiger partial charge is 0.0903 e. The second-order valence-corrected chi connectivity index (χ2v) is 4.76. The molecule has 1 saturated heterocycles. The van der Waals surface area contributed by atoms with Crippen molar-refractivity contribution in [1.29, 1.82) is 5.26 Å². The van der Waals surface area contributed by atoms with Gasteiger partial charge in [0, 0.05) is 13.2 Å². The summed E-state index contributed by atoms with van der Waals surface area (Å²) in [5.41, 5.74) is -1.54. The summed E-state index contributed by atoms with van der Waals surface area (Å²) >= 11 is 0. The second-order valence-electron chi connectivity index (χ2n) is 4.76. The molecule has 1 heterocycles. The third-order valence-electron chi connectivity index (χ3n) is 4.10. The molecule has 0 saturated carbocycles. The molecule has 0 radical (unpaired) electrons. The average Bonchev–Trinajstić information content (AvgIpc) is 2.28. The van der Waals surface area contributed by atoms with E-state index in [1.54, 1.807) is 6.92 Å². The van der Waals surface area contributed by atoms with E-state index in [0.717, 1.165) is 6.42 Å². The number of nitriles is 1. The fourth-order valence-corrected chi connectivity index (χ4v) is 2.32. The summed E-state index contributed by atoms with van der Waals surface area (Å²) in [7, 11) is 0. The minimum atomic E-state index is -0.916. The Labute approximate surface area is 92.0 Å². The van der Waals surface area contributed by atoms with Gasteiger partial charge in [-0.15, -0.1) is 0 Å². The van der Waals surface area contributed by atoms with Crippen LogP contribution in [0.3, 0.4) is 0 Å². The molecule has 0 spiro atoms. The van der Waals surface area contributed by atoms with Gasteiger partial charge in [-0.3, -0.25) is 0 Å². The van der Waals surface area contributed by atoms with Crippen LogP contribution in [-0.4, -0.2) is 23.9 Å². The van der Waals surface area contributed by atoms with Crippen LogP contribution in [0.5, 0.6) is 0 Å². The first kappa shape index (κ1) is 12.5. The third kappa shape index (κ3) is 2.02. The molecule has 1 N–H and O–H groups in total. The van der Waals surface area contributed by atoms with Crippen LogP contribution in [0, 0.1) is 22.7 Å². The van der Waals surface area contributed by atoms with Crippen molar-refractivity contribution in [2.45, 2.75) is 45.6 Å². The van der Waals surface area contributed by atoms with Gasteiger partial charge in [0.15, 0.2) is 0 Å². The molecule has 1 aliphatic heterocycles. The maximum absolute atomic E-state index is 10.6. The van der Waals surface area contributed by atoms with Crippen molar-refractivity contribution in [3.63, 3.8) is 0 Å². The molecule has 0 aromatic rings. The Hall–Kier alpha value is -0.590. The molecule has 1 aliphatic rings. The average molecular weight is 211 g/mol. The van der Waals surface area contributed by atoms with Crippen LogP contribution in [0.4, 0.5) is 0 Å². The van der Waals surface area contributed by atoms with Crippen LogP contribution < -0.4 is 0 Å². The minimum Gasteiger partial charge on any atom is -0.388 e. The summed E-state index contributed by atoms with van der Waals surface area (Å²) in [6, 6.07) is 2.34. The van der Waals surface area contributed by atoms with Crippen LogP contribution in [0.1, 0.15) is 40.0 Å². The van der Waals surface area contributed by atoms with Gasteiger partial charge < -0.3 is 9.84 Å². The van der Waals surface area contributed by atoms with Gasteiger partial charge in [-0.05, 0) is 25.7 Å². The standard InChI is InChI=1S/C12H21NO2/c1-4-10(2)11(3,14)12(9-13)5-7-15-8-6-12/h10,14H,4-8H2,1-3H3. The first-order chi connectivity index (χ1) is 7.00. The van der Waals surface area contributed by atoms with Gasteiger partial charge in [0.2, 0.25) is 0 Å². The van der Waals surface area contributed by atoms with Crippen LogP contribution in [0.15, 0.2) is 0 Å². The van der Waals surface area contributed by atoms with Gasteiger partial charge in [0.1, 0.15) is 0 Å². The van der Waals surface area contributed by atoms with E-state index in [9.17, 15) is 10.4 Å². The summed E-state index contributed by atoms with van der Waals surface area (Å²) in [4.78, 5) is 0. The van der Waals surface area contributed by atoms with Crippen LogP contribution in [0.2, 0.25) is 0 Å². The van der Waals surface area contributed by atoms with Crippen molar-refractivity contribution in [2.24, 2.45) is 11.3 Å². The fourth-order valence-electron chi connectivity index (χ4n) is 2.32. The van der Waals surface area contributed by atoms with Crippen LogP contribution in [0.25, 0.3) is 0 Å². The van der Waals surface area contributed by atoms with E-state index < -0.39 is 11.0 Å². The van der Waals surface area contributed by atoms with Crippen molar-refractivity contribution in [3.8, 4) is 6.07 Å². The maximum atomic E-state index is 10.6. The molecule has 0 amide bonds. The van der Waals surface area contributed by atoms with Crippen molar-refractivity contribution in [3.05, 3.63) is 0 Å². The summed E-state index contributed by atoms with van der Waals surface area (Å²) < 4.78 is 5.27. The lowest BCUT2D eigenvalue weighted by Gasteiger charge is -2.45. The molecule has 0 aliphatic carbocycles. The van der Waals surface area contributed by atoms with E-state index in [1.807, 2.05) is 13.8 Å². The van der Waals surface area contributed by atoms with E-state index in [1.165, 1.54) is 0 Å². The highest BCUT2D eigenvalue weighted by Gasteiger charge is 2.50. The Balaban J connectivity index is 2.94. The molecule has 0 aromatic carbocycles. The zero-order valence-electron chi connectivity index (χ0n) is 9.92. The van der Waals surface area contributed by atoms with Crippen LogP contribution >= 0.6 is 0 Å². The van der Waals surface area contributed by atoms with Gasteiger partial charge in [-0.1, -0.05) is 20.3 Å². The zero-order valence-corrected chi connectivity index (χ0v) is 9.92. The molecule has 86 valence electrons. The highest BCUT2D eigenvalue weighted by atomic mass is 16.5. The summed E-state index contributed by atoms with van der Waals surface area (Å²) in [6.07, 6.45) is 2.17. The summed E-state index contributed by atoms with van der Waals surface area (Å²) in [5, 5.41) is 19.9. The quantitative estimate of drug-likeness (QED) is 0.777. The lowest BCUT2D eigenvalue weighted by molar-refractivity contribution is -0.122. The Morgan fingerprint density at radius 1 is 1.53 bits per heavy atom. The van der Waals surface area contributed by atoms with E-state index in [2.05, 4.69) is 6.07 Å². The highest BCUT2D eigenvalue weighted by Crippen LogP contribution is 2.45. The fraction of sp³-hybridized carbons (Fsp3) is 0.917. The van der Waals surface area contributed by atoms with Crippen molar-refractivity contribution in [1.82, 2.24) is 0 Å². The Kier molecular flexibility index (Phi) is 3.75. The van der Waals surface area contributed by atoms with E-state index >= 15 is 0 Å². The minimum absolute atomic E-state index is 0.134. The topological polar surface area (TPSA) is 53.2 Å². The SMILES string of the molecule is CCC(C)C(C)(O)C1(C#N)CCOCC1. The molecule has 1 fully saturated rings. The van der Waals surface area contributed by atoms with Crippen molar-refractivity contribution in [2.75, 3.05) is 13.2 Å². The predicted molar refractivity (Wildman–Crippen MR) is 58.2 cm³/mol. The Morgan fingerprint density at radius 2 is 2.07 bits per heavy atom. The number of nitrogens with zero attached hydrogens (tertiary/aromatic N) is 1. The highest BCUT2D eigenvalue weighted by molar-refractivity contribution is 5.12. The first-order valence-electron chi connectivity index (χ1n) is 5.71. The zero-order chi connectivity index (χ0) is 11.5. The lowest BCUT2D eigenvalue weighted by Crippen LogP contribution is -2.52. The molecule has 15 heavy (non-hydrogen) atoms. The predicted octanol–water partition coefficient (Wildman–Crippen LogP) is 2.10. The molecule has 2 atom stereocenters. The second kappa shape index (κ2) is 4.51. The summed E-state index contributed by atoms with van der Waals surface area (Å²) in [6.45, 7) is 7.02. The van der Waals surface area contributed by atoms with Gasteiger partial charge in [-0.25, -0.2) is 0 Å². The van der Waals surface area contributed by atoms with Crippen molar-refractivity contribution >= 4 is 0 Å². The molecule has 3 nitrogen and oxygen atoms in total. The maximum Gasteiger partial charge on any atom is 0.0903 e. The van der Waals surface area contributed by atoms with Crippen molar-refractivity contribution < 1.29 is 9.84 Å².